The van der Waals surface area contributed by atoms with Crippen molar-refractivity contribution in [2.24, 2.45) is 5.73 Å². The number of halogens is 1. The number of rotatable bonds is 4. The van der Waals surface area contributed by atoms with Crippen molar-refractivity contribution in [3.05, 3.63) is 29.8 Å². The molecule has 3 nitrogen and oxygen atoms in total. The number of alkyl halides is 1. The molecule has 1 atom stereocenters. The number of primary amides is 1. The maximum atomic E-state index is 10.7. The predicted octanol–water partition coefficient (Wildman–Crippen LogP) is 1.33. The van der Waals surface area contributed by atoms with Crippen molar-refractivity contribution >= 4 is 17.5 Å². The summed E-state index contributed by atoms with van der Waals surface area (Å²) < 4.78 is 5.04. The van der Waals surface area contributed by atoms with E-state index < -0.39 is 11.3 Å². The van der Waals surface area contributed by atoms with Gasteiger partial charge in [0.05, 0.1) is 7.11 Å². The number of nitrogens with two attached hydrogens (primary N) is 1. The molecule has 1 unspecified atom stereocenters. The van der Waals surface area contributed by atoms with Gasteiger partial charge >= 0.3 is 0 Å². The van der Waals surface area contributed by atoms with Crippen molar-refractivity contribution < 1.29 is 9.53 Å². The minimum absolute atomic E-state index is 0.425. The Hall–Kier alpha value is -1.22. The van der Waals surface area contributed by atoms with Crippen LogP contribution in [0.5, 0.6) is 5.75 Å². The molecule has 76 valence electrons. The van der Waals surface area contributed by atoms with Gasteiger partial charge in [-0.05, 0) is 24.1 Å². The molecule has 0 saturated heterocycles. The number of carbonyl (C=O) groups excluding carboxylic acids is 1. The Bertz CT molecular complexity index is 328. The Morgan fingerprint density at radius 1 is 1.64 bits per heavy atom. The molecule has 0 aliphatic carbocycles. The van der Waals surface area contributed by atoms with Crippen molar-refractivity contribution in [2.45, 2.75) is 11.8 Å². The van der Waals surface area contributed by atoms with Crippen LogP contribution in [0.3, 0.4) is 0 Å². The van der Waals surface area contributed by atoms with Gasteiger partial charge in [0, 0.05) is 0 Å². The fourth-order valence-corrected chi connectivity index (χ4v) is 1.29. The third-order valence-corrected chi connectivity index (χ3v) is 2.23. The van der Waals surface area contributed by atoms with Crippen molar-refractivity contribution in [3.8, 4) is 5.75 Å². The molecular weight excluding hydrogens is 202 g/mol. The number of hydrogen-bond donors (Lipinski definition) is 1. The van der Waals surface area contributed by atoms with Gasteiger partial charge in [-0.3, -0.25) is 4.79 Å². The molecular formula is C10H12ClNO2. The molecule has 1 amide bonds. The Morgan fingerprint density at radius 3 is 2.93 bits per heavy atom. The average molecular weight is 214 g/mol. The molecule has 0 spiro atoms. The fraction of sp³-hybridized carbons (Fsp3) is 0.300. The second-order valence-corrected chi connectivity index (χ2v) is 3.45. The lowest BCUT2D eigenvalue weighted by Crippen LogP contribution is -2.25. The van der Waals surface area contributed by atoms with Gasteiger partial charge in [0.1, 0.15) is 11.1 Å². The van der Waals surface area contributed by atoms with E-state index in [9.17, 15) is 4.79 Å². The highest BCUT2D eigenvalue weighted by Gasteiger charge is 2.11. The Morgan fingerprint density at radius 2 is 2.36 bits per heavy atom. The third-order valence-electron chi connectivity index (χ3n) is 1.86. The van der Waals surface area contributed by atoms with E-state index in [2.05, 4.69) is 0 Å². The van der Waals surface area contributed by atoms with Crippen molar-refractivity contribution in [1.29, 1.82) is 0 Å². The van der Waals surface area contributed by atoms with E-state index in [1.807, 2.05) is 24.3 Å². The quantitative estimate of drug-likeness (QED) is 0.768. The smallest absolute Gasteiger partial charge is 0.235 e. The van der Waals surface area contributed by atoms with Gasteiger partial charge in [-0.25, -0.2) is 0 Å². The molecule has 0 aliphatic heterocycles. The lowest BCUT2D eigenvalue weighted by molar-refractivity contribution is -0.117. The Balaban J connectivity index is 2.71. The van der Waals surface area contributed by atoms with Gasteiger partial charge in [0.25, 0.3) is 0 Å². The van der Waals surface area contributed by atoms with Crippen LogP contribution in [-0.4, -0.2) is 18.4 Å². The molecule has 0 fully saturated rings. The molecule has 0 bridgehead atoms. The highest BCUT2D eigenvalue weighted by atomic mass is 35.5. The third kappa shape index (κ3) is 2.92. The van der Waals surface area contributed by atoms with E-state index in [-0.39, 0.29) is 0 Å². The lowest BCUT2D eigenvalue weighted by atomic mass is 10.1. The summed E-state index contributed by atoms with van der Waals surface area (Å²) in [7, 11) is 1.59. The lowest BCUT2D eigenvalue weighted by Gasteiger charge is -2.06. The van der Waals surface area contributed by atoms with Crippen LogP contribution < -0.4 is 10.5 Å². The standard InChI is InChI=1S/C10H12ClNO2/c1-14-8-4-2-3-7(5-8)6-9(11)10(12)13/h2-5,9H,6H2,1H3,(H2,12,13). The Labute approximate surface area is 87.8 Å². The van der Waals surface area contributed by atoms with Crippen LogP contribution in [0.25, 0.3) is 0 Å². The maximum Gasteiger partial charge on any atom is 0.235 e. The van der Waals surface area contributed by atoms with Gasteiger partial charge in [-0.1, -0.05) is 12.1 Å². The predicted molar refractivity (Wildman–Crippen MR) is 55.5 cm³/mol. The van der Waals surface area contributed by atoms with E-state index in [1.54, 1.807) is 7.11 Å². The minimum atomic E-state index is -0.665. The topological polar surface area (TPSA) is 52.3 Å². The molecule has 1 aromatic carbocycles. The molecule has 0 heterocycles. The normalized spacial score (nSPS) is 12.1. The van der Waals surface area contributed by atoms with Gasteiger partial charge in [-0.2, -0.15) is 0 Å². The summed E-state index contributed by atoms with van der Waals surface area (Å²) in [5.74, 6) is 0.241. The summed E-state index contributed by atoms with van der Waals surface area (Å²) in [6, 6.07) is 7.38. The van der Waals surface area contributed by atoms with Crippen LogP contribution in [0.1, 0.15) is 5.56 Å². The average Bonchev–Trinajstić information content (AvgIpc) is 2.18. The molecule has 1 rings (SSSR count). The number of ether oxygens (including phenoxy) is 1. The first-order valence-corrected chi connectivity index (χ1v) is 4.63. The van der Waals surface area contributed by atoms with Crippen molar-refractivity contribution in [2.75, 3.05) is 7.11 Å². The fourth-order valence-electron chi connectivity index (χ4n) is 1.11. The summed E-state index contributed by atoms with van der Waals surface area (Å²) in [6.45, 7) is 0. The zero-order chi connectivity index (χ0) is 10.6. The highest BCUT2D eigenvalue weighted by molar-refractivity contribution is 6.30. The Kier molecular flexibility index (Phi) is 3.77. The molecule has 14 heavy (non-hydrogen) atoms. The number of amides is 1. The second kappa shape index (κ2) is 4.86. The van der Waals surface area contributed by atoms with E-state index in [1.165, 1.54) is 0 Å². The van der Waals surface area contributed by atoms with Crippen molar-refractivity contribution in [1.82, 2.24) is 0 Å². The van der Waals surface area contributed by atoms with E-state index in [0.29, 0.717) is 6.42 Å². The summed E-state index contributed by atoms with van der Waals surface area (Å²) in [6.07, 6.45) is 0.425. The SMILES string of the molecule is COc1cccc(CC(Cl)C(N)=O)c1. The zero-order valence-corrected chi connectivity index (χ0v) is 8.62. The first-order valence-electron chi connectivity index (χ1n) is 4.20. The highest BCUT2D eigenvalue weighted by Crippen LogP contribution is 2.15. The largest absolute Gasteiger partial charge is 0.497 e. The summed E-state index contributed by atoms with van der Waals surface area (Å²) in [4.78, 5) is 10.7. The molecule has 2 N–H and O–H groups in total. The van der Waals surface area contributed by atoms with E-state index in [4.69, 9.17) is 22.1 Å². The number of hydrogen-bond acceptors (Lipinski definition) is 2. The first-order chi connectivity index (χ1) is 6.63. The summed E-state index contributed by atoms with van der Waals surface area (Å²) in [5, 5.41) is -0.665. The first kappa shape index (κ1) is 10.9. The van der Waals surface area contributed by atoms with Crippen LogP contribution >= 0.6 is 11.6 Å². The number of methoxy groups -OCH3 is 1. The monoisotopic (exact) mass is 213 g/mol. The van der Waals surface area contributed by atoms with Crippen LogP contribution in [0.15, 0.2) is 24.3 Å². The van der Waals surface area contributed by atoms with Crippen LogP contribution in [0.4, 0.5) is 0 Å². The van der Waals surface area contributed by atoms with Gasteiger partial charge in [0.2, 0.25) is 5.91 Å². The van der Waals surface area contributed by atoms with E-state index in [0.717, 1.165) is 11.3 Å². The molecule has 4 heteroatoms. The minimum Gasteiger partial charge on any atom is -0.497 e. The van der Waals surface area contributed by atoms with E-state index >= 15 is 0 Å². The van der Waals surface area contributed by atoms with Gasteiger partial charge in [0.15, 0.2) is 0 Å². The van der Waals surface area contributed by atoms with Gasteiger partial charge in [-0.15, -0.1) is 11.6 Å². The molecule has 0 saturated carbocycles. The number of benzene rings is 1. The summed E-state index contributed by atoms with van der Waals surface area (Å²) in [5.41, 5.74) is 5.99. The maximum absolute atomic E-state index is 10.7. The van der Waals surface area contributed by atoms with Crippen LogP contribution in [0, 0.1) is 0 Å². The van der Waals surface area contributed by atoms with Crippen molar-refractivity contribution in [3.63, 3.8) is 0 Å². The molecule has 0 aromatic heterocycles. The van der Waals surface area contributed by atoms with Crippen LogP contribution in [-0.2, 0) is 11.2 Å². The molecule has 1 aromatic rings. The molecule has 0 radical (unpaired) electrons. The number of carbonyl (C=O) groups is 1. The zero-order valence-electron chi connectivity index (χ0n) is 7.87. The van der Waals surface area contributed by atoms with Gasteiger partial charge < -0.3 is 10.5 Å². The van der Waals surface area contributed by atoms with Crippen LogP contribution in [0.2, 0.25) is 0 Å². The molecule has 0 aliphatic rings. The second-order valence-electron chi connectivity index (χ2n) is 2.93. The summed E-state index contributed by atoms with van der Waals surface area (Å²) >= 11 is 5.73.